The third-order valence-electron chi connectivity index (χ3n) is 9.41. The van der Waals surface area contributed by atoms with Gasteiger partial charge in [-0.1, -0.05) is 30.3 Å². The number of rotatable bonds is 7. The van der Waals surface area contributed by atoms with E-state index in [0.717, 1.165) is 43.0 Å². The zero-order valence-electron chi connectivity index (χ0n) is 25.1. The number of urea groups is 1. The summed E-state index contributed by atoms with van der Waals surface area (Å²) in [5, 5.41) is 15.2. The molecule has 45 heavy (non-hydrogen) atoms. The number of likely N-dealkylation sites (N-methyl/N-ethyl adjacent to an activating group) is 1. The summed E-state index contributed by atoms with van der Waals surface area (Å²) in [6.07, 6.45) is 3.69. The number of ether oxygens (including phenoxy) is 1. The van der Waals surface area contributed by atoms with Crippen LogP contribution in [0.5, 0.6) is 11.8 Å². The van der Waals surface area contributed by atoms with Crippen LogP contribution < -0.4 is 20.7 Å². The number of hydrogen-bond acceptors (Lipinski definition) is 8. The Balaban J connectivity index is 1.28. The molecule has 0 aliphatic carbocycles. The predicted octanol–water partition coefficient (Wildman–Crippen LogP) is 3.62. The fourth-order valence-corrected chi connectivity index (χ4v) is 7.18. The van der Waals surface area contributed by atoms with E-state index in [2.05, 4.69) is 27.1 Å². The highest BCUT2D eigenvalue weighted by Gasteiger charge is 2.43. The van der Waals surface area contributed by atoms with Gasteiger partial charge in [0.15, 0.2) is 5.82 Å². The molecule has 3 unspecified atom stereocenters. The van der Waals surface area contributed by atoms with Gasteiger partial charge >= 0.3 is 12.0 Å². The lowest BCUT2D eigenvalue weighted by atomic mass is 9.96. The van der Waals surface area contributed by atoms with Crippen LogP contribution in [0.2, 0.25) is 0 Å². The highest BCUT2D eigenvalue weighted by molar-refractivity contribution is 6.01. The average molecular weight is 614 g/mol. The van der Waals surface area contributed by atoms with Crippen LogP contribution in [0.15, 0.2) is 48.5 Å². The van der Waals surface area contributed by atoms with Gasteiger partial charge in [0, 0.05) is 30.1 Å². The van der Waals surface area contributed by atoms with Crippen molar-refractivity contribution in [2.24, 2.45) is 5.73 Å². The van der Waals surface area contributed by atoms with Gasteiger partial charge in [-0.15, -0.1) is 0 Å². The Labute approximate surface area is 259 Å². The first-order valence-electron chi connectivity index (χ1n) is 15.4. The van der Waals surface area contributed by atoms with E-state index in [1.807, 2.05) is 30.3 Å². The standard InChI is InChI=1S/C33H36FN7O4/c1-39-12-4-6-22(39)18-45-32-37-30-26(11-10-25(29(30)34)27-14-23(42)13-19-5-2-3-7-24(19)27)31(38-32)40-16-20-8-9-21(17-40)41(20)33(44)36-15-28(35)43/h2-3,5,7,10-11,13-14,20-22,42H,4,6,8-9,12,15-18H2,1H3,(H2,35,43)(H,36,44). The van der Waals surface area contributed by atoms with Gasteiger partial charge in [-0.2, -0.15) is 9.97 Å². The summed E-state index contributed by atoms with van der Waals surface area (Å²) in [6, 6.07) is 14.1. The predicted molar refractivity (Wildman–Crippen MR) is 169 cm³/mol. The fraction of sp³-hybridized carbons (Fsp3) is 0.394. The Bertz CT molecular complexity index is 1790. The van der Waals surface area contributed by atoms with Gasteiger partial charge in [0.05, 0.1) is 18.6 Å². The average Bonchev–Trinajstić information content (AvgIpc) is 3.56. The number of likely N-dealkylation sites (tertiary alicyclic amines) is 1. The number of aromatic hydroxyl groups is 1. The maximum absolute atomic E-state index is 16.7. The van der Waals surface area contributed by atoms with Crippen LogP contribution in [-0.4, -0.2) is 94.8 Å². The number of phenols is 1. The Morgan fingerprint density at radius 3 is 2.56 bits per heavy atom. The summed E-state index contributed by atoms with van der Waals surface area (Å²) >= 11 is 0. The molecule has 12 heteroatoms. The van der Waals surface area contributed by atoms with Crippen molar-refractivity contribution in [1.82, 2.24) is 25.1 Å². The molecular formula is C33H36FN7O4. The number of fused-ring (bicyclic) bond motifs is 4. The van der Waals surface area contributed by atoms with Crippen molar-refractivity contribution >= 4 is 39.4 Å². The lowest BCUT2D eigenvalue weighted by molar-refractivity contribution is -0.117. The number of carbonyl (C=O) groups is 2. The molecule has 4 aromatic rings. The van der Waals surface area contributed by atoms with Crippen LogP contribution >= 0.6 is 0 Å². The highest BCUT2D eigenvalue weighted by atomic mass is 19.1. The van der Waals surface area contributed by atoms with Crippen molar-refractivity contribution in [2.45, 2.75) is 43.8 Å². The molecule has 3 saturated heterocycles. The molecule has 3 aliphatic heterocycles. The van der Waals surface area contributed by atoms with Gasteiger partial charge in [0.1, 0.15) is 23.7 Å². The first-order valence-corrected chi connectivity index (χ1v) is 15.4. The van der Waals surface area contributed by atoms with Crippen LogP contribution in [0.4, 0.5) is 15.0 Å². The van der Waals surface area contributed by atoms with E-state index < -0.39 is 11.7 Å². The number of amides is 3. The third-order valence-corrected chi connectivity index (χ3v) is 9.41. The molecule has 4 N–H and O–H groups in total. The third kappa shape index (κ3) is 5.43. The number of nitrogens with one attached hydrogen (secondary N) is 1. The summed E-state index contributed by atoms with van der Waals surface area (Å²) in [5.41, 5.74) is 6.25. The first kappa shape index (κ1) is 29.0. The number of carbonyl (C=O) groups excluding carboxylic acids is 2. The number of piperazine rings is 1. The molecule has 2 bridgehead atoms. The van der Waals surface area contributed by atoms with Crippen LogP contribution in [0.1, 0.15) is 25.7 Å². The van der Waals surface area contributed by atoms with Crippen LogP contribution in [-0.2, 0) is 4.79 Å². The number of nitrogens with zero attached hydrogens (tertiary/aromatic N) is 5. The van der Waals surface area contributed by atoms with Crippen molar-refractivity contribution in [2.75, 3.05) is 44.7 Å². The SMILES string of the molecule is CN1CCCC1COc1nc(N2CC3CCC(C2)N3C(=O)NCC(N)=O)c2ccc(-c3cc(O)cc4ccccc34)c(F)c2n1. The molecule has 7 rings (SSSR count). The Morgan fingerprint density at radius 1 is 1.04 bits per heavy atom. The van der Waals surface area contributed by atoms with Crippen LogP contribution in [0, 0.1) is 5.82 Å². The van der Waals surface area contributed by atoms with Crippen molar-refractivity contribution in [1.29, 1.82) is 0 Å². The second kappa shape index (κ2) is 11.7. The number of hydrogen-bond donors (Lipinski definition) is 3. The molecule has 3 aliphatic rings. The van der Waals surface area contributed by atoms with E-state index >= 15 is 4.39 Å². The van der Waals surface area contributed by atoms with Gasteiger partial charge in [-0.05, 0) is 73.8 Å². The van der Waals surface area contributed by atoms with E-state index in [1.165, 1.54) is 0 Å². The van der Waals surface area contributed by atoms with Gasteiger partial charge in [0.2, 0.25) is 5.91 Å². The Morgan fingerprint density at radius 2 is 1.82 bits per heavy atom. The Kier molecular flexibility index (Phi) is 7.52. The second-order valence-corrected chi connectivity index (χ2v) is 12.3. The molecule has 3 fully saturated rings. The van der Waals surface area contributed by atoms with E-state index in [9.17, 15) is 14.7 Å². The molecule has 0 spiro atoms. The summed E-state index contributed by atoms with van der Waals surface area (Å²) in [7, 11) is 2.06. The molecule has 1 aromatic heterocycles. The quantitative estimate of drug-likeness (QED) is 0.288. The van der Waals surface area contributed by atoms with E-state index in [1.54, 1.807) is 23.1 Å². The molecule has 3 atom stereocenters. The van der Waals surface area contributed by atoms with Crippen molar-refractivity contribution in [3.63, 3.8) is 0 Å². The van der Waals surface area contributed by atoms with Crippen molar-refractivity contribution < 1.29 is 23.8 Å². The van der Waals surface area contributed by atoms with Crippen molar-refractivity contribution in [3.8, 4) is 22.9 Å². The number of halogens is 1. The largest absolute Gasteiger partial charge is 0.508 e. The number of primary amides is 1. The zero-order chi connectivity index (χ0) is 31.2. The van der Waals surface area contributed by atoms with Crippen molar-refractivity contribution in [3.05, 3.63) is 54.3 Å². The topological polar surface area (TPSA) is 137 Å². The number of nitrogens with two attached hydrogens (primary N) is 1. The monoisotopic (exact) mass is 613 g/mol. The highest BCUT2D eigenvalue weighted by Crippen LogP contribution is 2.40. The zero-order valence-corrected chi connectivity index (χ0v) is 25.1. The lowest BCUT2D eigenvalue weighted by Gasteiger charge is -2.41. The summed E-state index contributed by atoms with van der Waals surface area (Å²) < 4.78 is 22.8. The minimum Gasteiger partial charge on any atom is -0.508 e. The molecular weight excluding hydrogens is 577 g/mol. The molecule has 3 amide bonds. The minimum absolute atomic E-state index is 0.0458. The number of aromatic nitrogens is 2. The second-order valence-electron chi connectivity index (χ2n) is 12.3. The van der Waals surface area contributed by atoms with E-state index in [-0.39, 0.29) is 48.0 Å². The summed E-state index contributed by atoms with van der Waals surface area (Å²) in [6.45, 7) is 2.13. The minimum atomic E-state index is -0.599. The molecule has 3 aromatic carbocycles. The van der Waals surface area contributed by atoms with Crippen LogP contribution in [0.25, 0.3) is 32.8 Å². The van der Waals surface area contributed by atoms with E-state index in [4.69, 9.17) is 15.5 Å². The normalized spacial score (nSPS) is 21.5. The number of anilines is 1. The smallest absolute Gasteiger partial charge is 0.319 e. The Hall–Kier alpha value is -4.71. The number of benzene rings is 3. The van der Waals surface area contributed by atoms with Gasteiger partial charge in [-0.25, -0.2) is 9.18 Å². The molecule has 11 nitrogen and oxygen atoms in total. The molecule has 0 radical (unpaired) electrons. The van der Waals surface area contributed by atoms with E-state index in [0.29, 0.717) is 42.0 Å². The number of phenolic OH excluding ortho intramolecular Hbond substituents is 1. The molecule has 4 heterocycles. The summed E-state index contributed by atoms with van der Waals surface area (Å²) in [5.74, 6) is -0.528. The van der Waals surface area contributed by atoms with Gasteiger partial charge in [0.25, 0.3) is 0 Å². The summed E-state index contributed by atoms with van der Waals surface area (Å²) in [4.78, 5) is 39.7. The fourth-order valence-electron chi connectivity index (χ4n) is 7.18. The van der Waals surface area contributed by atoms with Gasteiger partial charge in [-0.3, -0.25) is 4.79 Å². The molecule has 234 valence electrons. The maximum atomic E-state index is 16.7. The van der Waals surface area contributed by atoms with Crippen LogP contribution in [0.3, 0.4) is 0 Å². The van der Waals surface area contributed by atoms with Gasteiger partial charge < -0.3 is 35.6 Å². The first-order chi connectivity index (χ1) is 21.8. The molecule has 0 saturated carbocycles. The lowest BCUT2D eigenvalue weighted by Crippen LogP contribution is -2.59. The maximum Gasteiger partial charge on any atom is 0.319 e.